The zero-order valence-corrected chi connectivity index (χ0v) is 45.9. The summed E-state index contributed by atoms with van der Waals surface area (Å²) in [7, 11) is 0. The molecule has 0 bridgehead atoms. The molecule has 0 aliphatic heterocycles. The lowest BCUT2D eigenvalue weighted by Crippen LogP contribution is -2.30. The molecule has 0 aromatic heterocycles. The Hall–Kier alpha value is -4.19. The number of rotatable bonds is 51. The van der Waals surface area contributed by atoms with Gasteiger partial charge in [0.1, 0.15) is 13.2 Å². The number of esters is 3. The van der Waals surface area contributed by atoms with Crippen LogP contribution in [-0.4, -0.2) is 37.2 Å². The van der Waals surface area contributed by atoms with E-state index in [0.29, 0.717) is 19.3 Å². The van der Waals surface area contributed by atoms with Gasteiger partial charge in [-0.15, -0.1) is 0 Å². The predicted molar refractivity (Wildman–Crippen MR) is 306 cm³/mol. The standard InChI is InChI=1S/C65H106O6/c1-4-7-10-13-16-19-21-23-25-27-28-29-30-31-32-33-34-35-36-38-39-41-43-46-49-52-55-58-64(67)70-61-62(60-69-63(66)57-54-51-48-45-18-15-12-9-6-3)71-65(68)59-56-53-50-47-44-42-40-37-26-24-22-20-17-14-11-8-5-2/h7-8,10-11,16-17,19-20,23-26,28-29,31-32,34-35,38-39,62H,4-6,9,12-15,18,21-22,27,30,33,36-37,40-61H2,1-3H3/b10-7-,11-8-,19-16-,20-17-,25-23-,26-24-,29-28-,32-31-,35-34-,39-38-. The first-order chi connectivity index (χ1) is 35.0. The van der Waals surface area contributed by atoms with E-state index >= 15 is 0 Å². The summed E-state index contributed by atoms with van der Waals surface area (Å²) in [6.07, 6.45) is 80.5. The van der Waals surface area contributed by atoms with Crippen LogP contribution < -0.4 is 0 Å². The first-order valence-corrected chi connectivity index (χ1v) is 29.0. The molecule has 1 atom stereocenters. The lowest BCUT2D eigenvalue weighted by Gasteiger charge is -2.18. The molecule has 1 unspecified atom stereocenters. The van der Waals surface area contributed by atoms with E-state index in [1.54, 1.807) is 0 Å². The third-order valence-corrected chi connectivity index (χ3v) is 12.0. The quantitative estimate of drug-likeness (QED) is 0.0261. The molecule has 0 saturated heterocycles. The van der Waals surface area contributed by atoms with Crippen molar-refractivity contribution in [3.63, 3.8) is 0 Å². The van der Waals surface area contributed by atoms with Gasteiger partial charge in [-0.25, -0.2) is 0 Å². The summed E-state index contributed by atoms with van der Waals surface area (Å²) in [4.78, 5) is 38.1. The molecule has 0 rings (SSSR count). The van der Waals surface area contributed by atoms with Crippen LogP contribution in [0.5, 0.6) is 0 Å². The van der Waals surface area contributed by atoms with Crippen LogP contribution in [0, 0.1) is 0 Å². The van der Waals surface area contributed by atoms with Crippen LogP contribution in [0.25, 0.3) is 0 Å². The maximum Gasteiger partial charge on any atom is 0.306 e. The fraction of sp³-hybridized carbons (Fsp3) is 0.646. The summed E-state index contributed by atoms with van der Waals surface area (Å²) in [5.74, 6) is -0.924. The van der Waals surface area contributed by atoms with E-state index < -0.39 is 6.10 Å². The number of unbranched alkanes of at least 4 members (excludes halogenated alkanes) is 20. The van der Waals surface area contributed by atoms with Gasteiger partial charge in [0.05, 0.1) is 0 Å². The molecule has 0 saturated carbocycles. The van der Waals surface area contributed by atoms with Crippen LogP contribution in [0.3, 0.4) is 0 Å². The van der Waals surface area contributed by atoms with Gasteiger partial charge in [0.15, 0.2) is 6.10 Å². The van der Waals surface area contributed by atoms with Gasteiger partial charge >= 0.3 is 17.9 Å². The third kappa shape index (κ3) is 56.6. The third-order valence-electron chi connectivity index (χ3n) is 12.0. The fourth-order valence-electron chi connectivity index (χ4n) is 7.67. The van der Waals surface area contributed by atoms with Crippen LogP contribution in [0.4, 0.5) is 0 Å². The Bertz CT molecular complexity index is 1500. The van der Waals surface area contributed by atoms with E-state index in [9.17, 15) is 14.4 Å². The molecule has 6 nitrogen and oxygen atoms in total. The van der Waals surface area contributed by atoms with Crippen molar-refractivity contribution in [2.75, 3.05) is 13.2 Å². The molecule has 0 N–H and O–H groups in total. The molecular formula is C65H106O6. The average molecular weight is 984 g/mol. The van der Waals surface area contributed by atoms with Crippen molar-refractivity contribution in [1.82, 2.24) is 0 Å². The van der Waals surface area contributed by atoms with Gasteiger partial charge < -0.3 is 14.2 Å². The van der Waals surface area contributed by atoms with Crippen molar-refractivity contribution in [3.05, 3.63) is 122 Å². The van der Waals surface area contributed by atoms with Crippen molar-refractivity contribution >= 4 is 17.9 Å². The van der Waals surface area contributed by atoms with E-state index in [2.05, 4.69) is 142 Å². The molecule has 0 heterocycles. The monoisotopic (exact) mass is 983 g/mol. The Kier molecular flexibility index (Phi) is 54.9. The summed E-state index contributed by atoms with van der Waals surface area (Å²) in [6, 6.07) is 0. The van der Waals surface area contributed by atoms with Gasteiger partial charge in [-0.05, 0) is 109 Å². The van der Waals surface area contributed by atoms with Crippen molar-refractivity contribution in [3.8, 4) is 0 Å². The Morgan fingerprint density at radius 3 is 0.859 bits per heavy atom. The normalized spacial score (nSPS) is 13.0. The second kappa shape index (κ2) is 58.4. The molecule has 0 fully saturated rings. The van der Waals surface area contributed by atoms with Crippen LogP contribution in [0.2, 0.25) is 0 Å². The van der Waals surface area contributed by atoms with Crippen molar-refractivity contribution in [2.45, 2.75) is 258 Å². The van der Waals surface area contributed by atoms with Crippen LogP contribution in [-0.2, 0) is 28.6 Å². The molecule has 0 spiro atoms. The van der Waals surface area contributed by atoms with E-state index in [1.807, 2.05) is 0 Å². The zero-order valence-electron chi connectivity index (χ0n) is 45.9. The number of hydrogen-bond donors (Lipinski definition) is 0. The smallest absolute Gasteiger partial charge is 0.306 e. The van der Waals surface area contributed by atoms with Crippen LogP contribution >= 0.6 is 0 Å². The van der Waals surface area contributed by atoms with Gasteiger partial charge in [0, 0.05) is 19.3 Å². The van der Waals surface area contributed by atoms with Gasteiger partial charge in [-0.1, -0.05) is 245 Å². The highest BCUT2D eigenvalue weighted by Crippen LogP contribution is 2.14. The highest BCUT2D eigenvalue weighted by molar-refractivity contribution is 5.71. The molecule has 0 aliphatic rings. The number of carbonyl (C=O) groups is 3. The van der Waals surface area contributed by atoms with Crippen LogP contribution in [0.15, 0.2) is 122 Å². The molecular weight excluding hydrogens is 877 g/mol. The second-order valence-corrected chi connectivity index (χ2v) is 18.8. The van der Waals surface area contributed by atoms with Crippen molar-refractivity contribution in [1.29, 1.82) is 0 Å². The molecule has 402 valence electrons. The number of allylic oxidation sites excluding steroid dienone is 20. The Morgan fingerprint density at radius 2 is 0.549 bits per heavy atom. The molecule has 0 radical (unpaired) electrons. The zero-order chi connectivity index (χ0) is 51.4. The number of hydrogen-bond acceptors (Lipinski definition) is 6. The molecule has 0 aliphatic carbocycles. The largest absolute Gasteiger partial charge is 0.462 e. The van der Waals surface area contributed by atoms with Gasteiger partial charge in [-0.2, -0.15) is 0 Å². The van der Waals surface area contributed by atoms with E-state index in [0.717, 1.165) is 148 Å². The van der Waals surface area contributed by atoms with Crippen molar-refractivity contribution in [2.24, 2.45) is 0 Å². The minimum Gasteiger partial charge on any atom is -0.462 e. The Balaban J connectivity index is 4.32. The van der Waals surface area contributed by atoms with E-state index in [-0.39, 0.29) is 31.1 Å². The second-order valence-electron chi connectivity index (χ2n) is 18.8. The van der Waals surface area contributed by atoms with Gasteiger partial charge in [0.25, 0.3) is 0 Å². The van der Waals surface area contributed by atoms with Crippen LogP contribution in [0.1, 0.15) is 252 Å². The summed E-state index contributed by atoms with van der Waals surface area (Å²) < 4.78 is 16.8. The number of carbonyl (C=O) groups excluding carboxylic acids is 3. The Labute approximate surface area is 437 Å². The molecule has 0 amide bonds. The van der Waals surface area contributed by atoms with E-state index in [1.165, 1.54) is 64.2 Å². The summed E-state index contributed by atoms with van der Waals surface area (Å²) in [5, 5.41) is 0. The SMILES string of the molecule is CC/C=C\C/C=C\C/C=C\C/C=C\C/C=C\C/C=C\C/C=C\CCCCCCCC(=O)OCC(COC(=O)CCCCCCCCCCC)OC(=O)CCCCCCCCC/C=C\C/C=C\C/C=C\CC. The maximum absolute atomic E-state index is 12.8. The Morgan fingerprint density at radius 1 is 0.296 bits per heavy atom. The molecule has 0 aromatic carbocycles. The predicted octanol–water partition coefficient (Wildman–Crippen LogP) is 19.6. The van der Waals surface area contributed by atoms with Gasteiger partial charge in [0.2, 0.25) is 0 Å². The van der Waals surface area contributed by atoms with Gasteiger partial charge in [-0.3, -0.25) is 14.4 Å². The highest BCUT2D eigenvalue weighted by atomic mass is 16.6. The highest BCUT2D eigenvalue weighted by Gasteiger charge is 2.19. The fourth-order valence-corrected chi connectivity index (χ4v) is 7.67. The lowest BCUT2D eigenvalue weighted by atomic mass is 10.1. The summed E-state index contributed by atoms with van der Waals surface area (Å²) >= 11 is 0. The average Bonchev–Trinajstić information content (AvgIpc) is 3.37. The van der Waals surface area contributed by atoms with E-state index in [4.69, 9.17) is 14.2 Å². The topological polar surface area (TPSA) is 78.9 Å². The lowest BCUT2D eigenvalue weighted by molar-refractivity contribution is -0.167. The first-order valence-electron chi connectivity index (χ1n) is 29.0. The first kappa shape index (κ1) is 66.8. The number of ether oxygens (including phenoxy) is 3. The summed E-state index contributed by atoms with van der Waals surface area (Å²) in [6.45, 7) is 6.37. The molecule has 6 heteroatoms. The minimum atomic E-state index is -0.793. The maximum atomic E-state index is 12.8. The summed E-state index contributed by atoms with van der Waals surface area (Å²) in [5.41, 5.74) is 0. The molecule has 0 aromatic rings. The minimum absolute atomic E-state index is 0.0896. The van der Waals surface area contributed by atoms with Crippen molar-refractivity contribution < 1.29 is 28.6 Å². The molecule has 71 heavy (non-hydrogen) atoms.